The van der Waals surface area contributed by atoms with E-state index in [-0.39, 0.29) is 19.0 Å². The minimum absolute atomic E-state index is 0.168. The second kappa shape index (κ2) is 8.38. The first kappa shape index (κ1) is 19.8. The van der Waals surface area contributed by atoms with Gasteiger partial charge in [-0.05, 0) is 53.8 Å². The van der Waals surface area contributed by atoms with Crippen LogP contribution in [0.5, 0.6) is 11.5 Å². The third kappa shape index (κ3) is 4.14. The van der Waals surface area contributed by atoms with Gasteiger partial charge in [-0.3, -0.25) is 4.79 Å². The van der Waals surface area contributed by atoms with Crippen LogP contribution in [0.2, 0.25) is 0 Å². The summed E-state index contributed by atoms with van der Waals surface area (Å²) in [5, 5.41) is 0.970. The molecule has 1 heterocycles. The number of carbonyl (C=O) groups excluding carboxylic acids is 1. The summed E-state index contributed by atoms with van der Waals surface area (Å²) in [6.45, 7) is 6.57. The van der Waals surface area contributed by atoms with Crippen LogP contribution < -0.4 is 9.47 Å². The number of rotatable bonds is 7. The van der Waals surface area contributed by atoms with Crippen LogP contribution in [0.25, 0.3) is 11.0 Å². The number of esters is 1. The highest BCUT2D eigenvalue weighted by atomic mass is 16.5. The fourth-order valence-electron chi connectivity index (χ4n) is 3.34. The van der Waals surface area contributed by atoms with Crippen LogP contribution in [-0.2, 0) is 22.6 Å². The molecule has 0 saturated heterocycles. The number of aryl methyl sites for hydroxylation is 1. The molecule has 148 valence electrons. The number of fused-ring (bicyclic) bond motifs is 1. The molecule has 0 radical (unpaired) electrons. The van der Waals surface area contributed by atoms with Crippen molar-refractivity contribution in [2.24, 2.45) is 0 Å². The topological polar surface area (TPSA) is 57.9 Å². The molecule has 0 aliphatic heterocycles. The summed E-state index contributed by atoms with van der Waals surface area (Å²) in [7, 11) is 3.16. The number of hydrogen-bond acceptors (Lipinski definition) is 5. The Morgan fingerprint density at radius 2 is 1.82 bits per heavy atom. The molecule has 0 N–H and O–H groups in total. The number of benzene rings is 2. The number of carbonyl (C=O) groups is 1. The van der Waals surface area contributed by atoms with Crippen LogP contribution in [0.4, 0.5) is 0 Å². The van der Waals surface area contributed by atoms with Gasteiger partial charge in [-0.2, -0.15) is 0 Å². The van der Waals surface area contributed by atoms with E-state index in [9.17, 15) is 4.79 Å². The highest BCUT2D eigenvalue weighted by molar-refractivity contribution is 5.87. The molecule has 3 aromatic rings. The van der Waals surface area contributed by atoms with Gasteiger partial charge in [-0.25, -0.2) is 0 Å². The number of methoxy groups -OCH3 is 2. The Morgan fingerprint density at radius 1 is 1.07 bits per heavy atom. The molecule has 28 heavy (non-hydrogen) atoms. The largest absolute Gasteiger partial charge is 0.493 e. The summed E-state index contributed by atoms with van der Waals surface area (Å²) < 4.78 is 21.6. The van der Waals surface area contributed by atoms with Gasteiger partial charge in [0, 0.05) is 10.9 Å². The fourth-order valence-corrected chi connectivity index (χ4v) is 3.34. The number of hydrogen-bond donors (Lipinski definition) is 0. The molecule has 0 bridgehead atoms. The Balaban J connectivity index is 1.71. The quantitative estimate of drug-likeness (QED) is 0.528. The summed E-state index contributed by atoms with van der Waals surface area (Å²) in [5.74, 6) is 1.35. The van der Waals surface area contributed by atoms with Crippen LogP contribution in [-0.4, -0.2) is 20.2 Å². The number of ether oxygens (including phenoxy) is 3. The molecule has 5 nitrogen and oxygen atoms in total. The molecule has 0 atom stereocenters. The zero-order valence-electron chi connectivity index (χ0n) is 17.0. The van der Waals surface area contributed by atoms with Crippen molar-refractivity contribution in [2.75, 3.05) is 14.2 Å². The molecular weight excluding hydrogens is 356 g/mol. The SMILES string of the molecule is COc1ccc(COC(=O)Cc2coc3cc(C)c(C(C)C)cc23)cc1OC. The third-order valence-electron chi connectivity index (χ3n) is 4.85. The van der Waals surface area contributed by atoms with Crippen LogP contribution in [0, 0.1) is 6.92 Å². The highest BCUT2D eigenvalue weighted by Crippen LogP contribution is 2.30. The van der Waals surface area contributed by atoms with Gasteiger partial charge >= 0.3 is 5.97 Å². The Hall–Kier alpha value is -2.95. The van der Waals surface area contributed by atoms with Gasteiger partial charge in [0.2, 0.25) is 0 Å². The molecular formula is C23H26O5. The van der Waals surface area contributed by atoms with Crippen molar-refractivity contribution in [3.63, 3.8) is 0 Å². The van der Waals surface area contributed by atoms with Gasteiger partial charge in [0.05, 0.1) is 26.9 Å². The van der Waals surface area contributed by atoms with E-state index in [0.29, 0.717) is 17.4 Å². The highest BCUT2D eigenvalue weighted by Gasteiger charge is 2.15. The molecule has 0 saturated carbocycles. The lowest BCUT2D eigenvalue weighted by molar-refractivity contribution is -0.144. The molecule has 0 fully saturated rings. The molecule has 5 heteroatoms. The standard InChI is InChI=1S/C23H26O5/c1-14(2)18-11-19-17(13-27-21(19)8-15(18)3)10-23(24)28-12-16-6-7-20(25-4)22(9-16)26-5/h6-9,11,13-14H,10,12H2,1-5H3. The van der Waals surface area contributed by atoms with Crippen molar-refractivity contribution in [3.05, 3.63) is 58.8 Å². The lowest BCUT2D eigenvalue weighted by Crippen LogP contribution is -2.08. The molecule has 2 aromatic carbocycles. The van der Waals surface area contributed by atoms with Crippen molar-refractivity contribution in [2.45, 2.75) is 39.7 Å². The van der Waals surface area contributed by atoms with Gasteiger partial charge in [-0.15, -0.1) is 0 Å². The Bertz CT molecular complexity index is 984. The first-order valence-electron chi connectivity index (χ1n) is 9.30. The van der Waals surface area contributed by atoms with E-state index < -0.39 is 0 Å². The predicted octanol–water partition coefficient (Wildman–Crippen LogP) is 5.17. The van der Waals surface area contributed by atoms with E-state index in [4.69, 9.17) is 18.6 Å². The van der Waals surface area contributed by atoms with Crippen LogP contribution in [0.3, 0.4) is 0 Å². The first-order valence-corrected chi connectivity index (χ1v) is 9.30. The van der Waals surface area contributed by atoms with Crippen LogP contribution in [0.1, 0.15) is 42.0 Å². The van der Waals surface area contributed by atoms with Crippen molar-refractivity contribution in [3.8, 4) is 11.5 Å². The lowest BCUT2D eigenvalue weighted by Gasteiger charge is -2.11. The normalized spacial score (nSPS) is 11.1. The van der Waals surface area contributed by atoms with Gasteiger partial charge in [0.1, 0.15) is 12.2 Å². The van der Waals surface area contributed by atoms with Crippen LogP contribution >= 0.6 is 0 Å². The average Bonchev–Trinajstić information content (AvgIpc) is 3.06. The van der Waals surface area contributed by atoms with E-state index in [0.717, 1.165) is 22.1 Å². The maximum atomic E-state index is 12.4. The third-order valence-corrected chi connectivity index (χ3v) is 4.85. The first-order chi connectivity index (χ1) is 13.4. The van der Waals surface area contributed by atoms with Crippen molar-refractivity contribution in [1.29, 1.82) is 0 Å². The molecule has 0 aliphatic rings. The van der Waals surface area contributed by atoms with E-state index in [1.165, 1.54) is 11.1 Å². The maximum absolute atomic E-state index is 12.4. The van der Waals surface area contributed by atoms with Crippen molar-refractivity contribution in [1.82, 2.24) is 0 Å². The number of furan rings is 1. The van der Waals surface area contributed by atoms with Crippen molar-refractivity contribution < 1.29 is 23.4 Å². The van der Waals surface area contributed by atoms with Gasteiger partial charge in [0.25, 0.3) is 0 Å². The molecule has 1 aromatic heterocycles. The van der Waals surface area contributed by atoms with Gasteiger partial charge in [0.15, 0.2) is 11.5 Å². The lowest BCUT2D eigenvalue weighted by atomic mass is 9.95. The Kier molecular flexibility index (Phi) is 5.93. The summed E-state index contributed by atoms with van der Waals surface area (Å²) in [4.78, 5) is 12.4. The van der Waals surface area contributed by atoms with E-state index >= 15 is 0 Å². The van der Waals surface area contributed by atoms with Crippen molar-refractivity contribution >= 4 is 16.9 Å². The maximum Gasteiger partial charge on any atom is 0.310 e. The molecule has 0 unspecified atom stereocenters. The van der Waals surface area contributed by atoms with E-state index in [1.54, 1.807) is 32.6 Å². The summed E-state index contributed by atoms with van der Waals surface area (Å²) >= 11 is 0. The second-order valence-corrected chi connectivity index (χ2v) is 7.15. The monoisotopic (exact) mass is 382 g/mol. The summed E-state index contributed by atoms with van der Waals surface area (Å²) in [6, 6.07) is 9.59. The van der Waals surface area contributed by atoms with E-state index in [1.807, 2.05) is 12.1 Å². The summed E-state index contributed by atoms with van der Waals surface area (Å²) in [6.07, 6.45) is 1.81. The minimum atomic E-state index is -0.302. The van der Waals surface area contributed by atoms with Gasteiger partial charge in [-0.1, -0.05) is 19.9 Å². The Labute approximate surface area is 165 Å². The molecule has 0 aliphatic carbocycles. The van der Waals surface area contributed by atoms with E-state index in [2.05, 4.69) is 26.8 Å². The molecule has 3 rings (SSSR count). The average molecular weight is 382 g/mol. The molecule has 0 amide bonds. The minimum Gasteiger partial charge on any atom is -0.493 e. The fraction of sp³-hybridized carbons (Fsp3) is 0.348. The zero-order valence-corrected chi connectivity index (χ0v) is 17.0. The second-order valence-electron chi connectivity index (χ2n) is 7.15. The molecule has 0 spiro atoms. The summed E-state index contributed by atoms with van der Waals surface area (Å²) in [5.41, 5.74) is 4.92. The zero-order chi connectivity index (χ0) is 20.3. The smallest absolute Gasteiger partial charge is 0.310 e. The predicted molar refractivity (Wildman–Crippen MR) is 108 cm³/mol. The van der Waals surface area contributed by atoms with Crippen LogP contribution in [0.15, 0.2) is 41.0 Å². The van der Waals surface area contributed by atoms with Gasteiger partial charge < -0.3 is 18.6 Å². The Morgan fingerprint density at radius 3 is 2.50 bits per heavy atom.